The van der Waals surface area contributed by atoms with Crippen LogP contribution in [0.5, 0.6) is 0 Å². The van der Waals surface area contributed by atoms with Gasteiger partial charge < -0.3 is 0 Å². The third-order valence-corrected chi connectivity index (χ3v) is 8.39. The average molecular weight is 589 g/mol. The first-order valence-electron chi connectivity index (χ1n) is 15.1. The molecular weight excluding hydrogens is 564 g/mol. The van der Waals surface area contributed by atoms with Gasteiger partial charge in [-0.3, -0.25) is 0 Å². The van der Waals surface area contributed by atoms with Gasteiger partial charge in [0.15, 0.2) is 5.82 Å². The number of hydrogen-bond donors (Lipinski definition) is 0. The molecule has 0 aliphatic carbocycles. The largest absolute Gasteiger partial charge is 0.245 e. The van der Waals surface area contributed by atoms with Crippen LogP contribution in [0.4, 0.5) is 0 Å². The second kappa shape index (κ2) is 10.6. The minimum atomic E-state index is 0.589. The summed E-state index contributed by atoms with van der Waals surface area (Å²) in [5.41, 5.74) is 9.79. The molecule has 4 heterocycles. The predicted octanol–water partition coefficient (Wildman–Crippen LogP) is 9.34. The number of nitrogens with zero attached hydrogens (tertiary/aromatic N) is 6. The molecule has 5 aromatic carbocycles. The summed E-state index contributed by atoms with van der Waals surface area (Å²) < 4.78 is 0. The van der Waals surface area contributed by atoms with E-state index in [9.17, 15) is 0 Å². The van der Waals surface area contributed by atoms with Gasteiger partial charge in [-0.05, 0) is 41.1 Å². The van der Waals surface area contributed by atoms with Crippen LogP contribution < -0.4 is 0 Å². The summed E-state index contributed by atoms with van der Waals surface area (Å²) in [5, 5.41) is 4.21. The van der Waals surface area contributed by atoms with Crippen LogP contribution in [0.2, 0.25) is 0 Å². The first-order chi connectivity index (χ1) is 22.8. The average Bonchev–Trinajstić information content (AvgIpc) is 3.14. The Balaban J connectivity index is 1.25. The Kier molecular flexibility index (Phi) is 6.03. The Morgan fingerprint density at radius 2 is 0.913 bits per heavy atom. The Labute approximate surface area is 264 Å². The summed E-state index contributed by atoms with van der Waals surface area (Å²) in [4.78, 5) is 29.3. The van der Waals surface area contributed by atoms with Crippen molar-refractivity contribution < 1.29 is 0 Å². The number of hydrogen-bond acceptors (Lipinski definition) is 6. The highest BCUT2D eigenvalue weighted by Gasteiger charge is 2.18. The summed E-state index contributed by atoms with van der Waals surface area (Å²) in [6.07, 6.45) is 3.46. The van der Waals surface area contributed by atoms with Crippen LogP contribution in [0.25, 0.3) is 88.9 Å². The summed E-state index contributed by atoms with van der Waals surface area (Å²) in [5.74, 6) is 0.589. The lowest BCUT2D eigenvalue weighted by atomic mass is 9.93. The molecule has 0 atom stereocenters. The van der Waals surface area contributed by atoms with E-state index in [0.717, 1.165) is 77.4 Å². The highest BCUT2D eigenvalue weighted by Crippen LogP contribution is 2.39. The smallest absolute Gasteiger partial charge is 0.178 e. The monoisotopic (exact) mass is 588 g/mol. The van der Waals surface area contributed by atoms with Gasteiger partial charge in [-0.1, -0.05) is 103 Å². The number of rotatable bonds is 4. The maximum absolute atomic E-state index is 5.24. The Morgan fingerprint density at radius 3 is 1.63 bits per heavy atom. The fourth-order valence-corrected chi connectivity index (χ4v) is 6.19. The maximum Gasteiger partial charge on any atom is 0.178 e. The van der Waals surface area contributed by atoms with Crippen molar-refractivity contribution in [2.45, 2.75) is 0 Å². The lowest BCUT2D eigenvalue weighted by Gasteiger charge is -2.15. The van der Waals surface area contributed by atoms with E-state index in [1.165, 1.54) is 0 Å². The first kappa shape index (κ1) is 26.0. The maximum atomic E-state index is 5.24. The van der Waals surface area contributed by atoms with Crippen LogP contribution in [-0.4, -0.2) is 29.9 Å². The van der Waals surface area contributed by atoms with E-state index in [2.05, 4.69) is 88.8 Å². The van der Waals surface area contributed by atoms with Crippen LogP contribution in [0, 0.1) is 0 Å². The van der Waals surface area contributed by atoms with E-state index in [1.54, 1.807) is 18.5 Å². The molecule has 0 saturated heterocycles. The van der Waals surface area contributed by atoms with Crippen molar-refractivity contribution in [3.05, 3.63) is 146 Å². The van der Waals surface area contributed by atoms with Crippen LogP contribution >= 0.6 is 0 Å². The molecule has 0 unspecified atom stereocenters. The zero-order valence-corrected chi connectivity index (χ0v) is 24.5. The van der Waals surface area contributed by atoms with Gasteiger partial charge in [0.05, 0.1) is 39.1 Å². The Hall–Kier alpha value is -6.40. The highest BCUT2D eigenvalue weighted by atomic mass is 14.9. The molecule has 0 aliphatic heterocycles. The first-order valence-corrected chi connectivity index (χ1v) is 15.1. The SMILES string of the molecule is c1ccc(-c2nc3ccccc3nc2-c2ccc(-c3ccc4ccc5ccc(-c6ncccn6)nc5c4n3)c3ccccc23)cc1. The lowest BCUT2D eigenvalue weighted by Crippen LogP contribution is -1.97. The van der Waals surface area contributed by atoms with E-state index in [4.69, 9.17) is 19.9 Å². The van der Waals surface area contributed by atoms with Gasteiger partial charge in [-0.25, -0.2) is 29.9 Å². The quantitative estimate of drug-likeness (QED) is 0.191. The second-order valence-electron chi connectivity index (χ2n) is 11.2. The molecule has 0 saturated carbocycles. The molecular formula is C40H24N6. The van der Waals surface area contributed by atoms with Gasteiger partial charge in [-0.2, -0.15) is 0 Å². The standard InChI is InChI=1S/C40H24N6/c1-2-9-25(10-3-1)38-39(45-34-14-7-6-13-33(34)44-38)31-20-19-30(28-11-4-5-12-29(28)31)32-21-17-26-15-16-27-18-22-35(40-41-23-8-24-42-40)46-37(27)36(26)43-32/h1-24H. The van der Waals surface area contributed by atoms with Gasteiger partial charge in [-0.15, -0.1) is 0 Å². The van der Waals surface area contributed by atoms with E-state index in [-0.39, 0.29) is 0 Å². The Bertz CT molecular complexity index is 2580. The highest BCUT2D eigenvalue weighted by molar-refractivity contribution is 6.08. The Morgan fingerprint density at radius 1 is 0.370 bits per heavy atom. The van der Waals surface area contributed by atoms with Gasteiger partial charge in [0.1, 0.15) is 5.69 Å². The van der Waals surface area contributed by atoms with Gasteiger partial charge in [0, 0.05) is 39.9 Å². The number of fused-ring (bicyclic) bond motifs is 5. The van der Waals surface area contributed by atoms with Crippen molar-refractivity contribution in [3.8, 4) is 45.3 Å². The predicted molar refractivity (Wildman–Crippen MR) is 185 cm³/mol. The molecule has 0 spiro atoms. The molecule has 0 aliphatic rings. The fraction of sp³-hybridized carbons (Fsp3) is 0. The van der Waals surface area contributed by atoms with E-state index < -0.39 is 0 Å². The van der Waals surface area contributed by atoms with Crippen molar-refractivity contribution >= 4 is 43.6 Å². The van der Waals surface area contributed by atoms with Crippen LogP contribution in [0.15, 0.2) is 146 Å². The zero-order valence-electron chi connectivity index (χ0n) is 24.5. The lowest BCUT2D eigenvalue weighted by molar-refractivity contribution is 1.15. The van der Waals surface area contributed by atoms with E-state index in [0.29, 0.717) is 11.5 Å². The molecule has 0 fully saturated rings. The molecule has 6 heteroatoms. The van der Waals surface area contributed by atoms with Gasteiger partial charge >= 0.3 is 0 Å². The summed E-state index contributed by atoms with van der Waals surface area (Å²) in [6.45, 7) is 0. The number of para-hydroxylation sites is 2. The number of benzene rings is 5. The number of aromatic nitrogens is 6. The molecule has 0 amide bonds. The molecule has 0 bridgehead atoms. The molecule has 9 aromatic rings. The third kappa shape index (κ3) is 4.35. The van der Waals surface area contributed by atoms with E-state index >= 15 is 0 Å². The summed E-state index contributed by atoms with van der Waals surface area (Å²) in [6, 6.07) is 45.3. The topological polar surface area (TPSA) is 77.3 Å². The number of pyridine rings is 2. The van der Waals surface area contributed by atoms with Gasteiger partial charge in [0.2, 0.25) is 0 Å². The second-order valence-corrected chi connectivity index (χ2v) is 11.2. The minimum Gasteiger partial charge on any atom is -0.245 e. The minimum absolute atomic E-state index is 0.589. The molecule has 0 radical (unpaired) electrons. The van der Waals surface area contributed by atoms with Crippen molar-refractivity contribution in [1.82, 2.24) is 29.9 Å². The van der Waals surface area contributed by atoms with E-state index in [1.807, 2.05) is 48.5 Å². The molecule has 9 rings (SSSR count). The summed E-state index contributed by atoms with van der Waals surface area (Å²) >= 11 is 0. The van der Waals surface area contributed by atoms with Crippen molar-refractivity contribution in [2.75, 3.05) is 0 Å². The fourth-order valence-electron chi connectivity index (χ4n) is 6.19. The molecule has 46 heavy (non-hydrogen) atoms. The third-order valence-electron chi connectivity index (χ3n) is 8.39. The van der Waals surface area contributed by atoms with Gasteiger partial charge in [0.25, 0.3) is 0 Å². The summed E-state index contributed by atoms with van der Waals surface area (Å²) in [7, 11) is 0. The van der Waals surface area contributed by atoms with Crippen LogP contribution in [0.3, 0.4) is 0 Å². The molecule has 0 N–H and O–H groups in total. The van der Waals surface area contributed by atoms with Crippen molar-refractivity contribution in [3.63, 3.8) is 0 Å². The molecule has 214 valence electrons. The van der Waals surface area contributed by atoms with Crippen LogP contribution in [-0.2, 0) is 0 Å². The molecule has 6 nitrogen and oxygen atoms in total. The van der Waals surface area contributed by atoms with Crippen LogP contribution in [0.1, 0.15) is 0 Å². The normalized spacial score (nSPS) is 11.5. The van der Waals surface area contributed by atoms with Crippen molar-refractivity contribution in [2.24, 2.45) is 0 Å². The zero-order chi connectivity index (χ0) is 30.5. The van der Waals surface area contributed by atoms with Crippen molar-refractivity contribution in [1.29, 1.82) is 0 Å². The molecule has 4 aromatic heterocycles.